The molecule has 0 radical (unpaired) electrons. The Hall–Kier alpha value is -3.19. The number of nitrogens with zero attached hydrogens (tertiary/aromatic N) is 3. The fraction of sp³-hybridized carbons (Fsp3) is 0.304. The molecule has 30 heavy (non-hydrogen) atoms. The van der Waals surface area contributed by atoms with Gasteiger partial charge in [-0.1, -0.05) is 0 Å². The molecule has 2 aromatic carbocycles. The van der Waals surface area contributed by atoms with E-state index in [4.69, 9.17) is 4.74 Å². The average Bonchev–Trinajstić information content (AvgIpc) is 3.35. The van der Waals surface area contributed by atoms with E-state index in [1.165, 1.54) is 12.3 Å². The van der Waals surface area contributed by atoms with Crippen LogP contribution in [0.3, 0.4) is 0 Å². The monoisotopic (exact) mass is 406 g/mol. The zero-order valence-electron chi connectivity index (χ0n) is 16.9. The van der Waals surface area contributed by atoms with Crippen molar-refractivity contribution in [2.45, 2.75) is 18.5 Å². The summed E-state index contributed by atoms with van der Waals surface area (Å²) < 4.78 is 19.7. The van der Waals surface area contributed by atoms with Crippen molar-refractivity contribution in [2.75, 3.05) is 37.5 Å². The third-order valence-corrected chi connectivity index (χ3v) is 6.28. The molecule has 154 valence electrons. The number of anilines is 2. The van der Waals surface area contributed by atoms with Gasteiger partial charge >= 0.3 is 0 Å². The molecule has 2 aliphatic heterocycles. The fourth-order valence-corrected chi connectivity index (χ4v) is 4.67. The van der Waals surface area contributed by atoms with E-state index in [1.54, 1.807) is 31.5 Å². The molecule has 1 N–H and O–H groups in total. The zero-order chi connectivity index (χ0) is 20.8. The third kappa shape index (κ3) is 3.06. The lowest BCUT2D eigenvalue weighted by molar-refractivity contribution is 0.102. The molecular weight excluding hydrogens is 383 g/mol. The molecule has 7 heteroatoms. The van der Waals surface area contributed by atoms with Crippen LogP contribution in [0.5, 0.6) is 5.75 Å². The van der Waals surface area contributed by atoms with Crippen LogP contribution in [0, 0.1) is 5.82 Å². The third-order valence-electron chi connectivity index (χ3n) is 6.28. The topological polar surface area (TPSA) is 57.7 Å². The maximum atomic E-state index is 14.0. The number of rotatable bonds is 4. The highest BCUT2D eigenvalue weighted by Crippen LogP contribution is 2.39. The number of benzene rings is 2. The maximum absolute atomic E-state index is 14.0. The highest BCUT2D eigenvalue weighted by Gasteiger charge is 2.42. The van der Waals surface area contributed by atoms with Gasteiger partial charge in [0, 0.05) is 53.9 Å². The molecule has 2 atom stereocenters. The Morgan fingerprint density at radius 2 is 2.03 bits per heavy atom. The van der Waals surface area contributed by atoms with Crippen LogP contribution in [-0.4, -0.2) is 55.1 Å². The standard InChI is InChI=1S/C23H23FN4O2/c1-27-12-16-10-15(27)13-28(16)21-6-3-14(9-22(21)30-2)23(29)26-20-5-4-19(24)17-7-8-25-11-18(17)20/h3-9,11,15-16H,10,12-13H2,1-2H3,(H,26,29). The van der Waals surface area contributed by atoms with Crippen LogP contribution in [0.4, 0.5) is 15.8 Å². The van der Waals surface area contributed by atoms with Crippen molar-refractivity contribution in [3.8, 4) is 5.75 Å². The fourth-order valence-electron chi connectivity index (χ4n) is 4.67. The van der Waals surface area contributed by atoms with Gasteiger partial charge in [0.1, 0.15) is 11.6 Å². The number of nitrogens with one attached hydrogen (secondary N) is 1. The first-order valence-electron chi connectivity index (χ1n) is 10.0. The molecule has 2 fully saturated rings. The summed E-state index contributed by atoms with van der Waals surface area (Å²) in [5.74, 6) is 0.0600. The molecule has 2 saturated heterocycles. The number of hydrogen-bond donors (Lipinski definition) is 1. The van der Waals surface area contributed by atoms with E-state index >= 15 is 0 Å². The quantitative estimate of drug-likeness (QED) is 0.718. The molecule has 0 aliphatic carbocycles. The van der Waals surface area contributed by atoms with Crippen molar-refractivity contribution >= 4 is 28.1 Å². The zero-order valence-corrected chi connectivity index (χ0v) is 16.9. The van der Waals surface area contributed by atoms with E-state index in [2.05, 4.69) is 27.1 Å². The first-order chi connectivity index (χ1) is 14.5. The van der Waals surface area contributed by atoms with Crippen LogP contribution in [0.25, 0.3) is 10.8 Å². The number of halogens is 1. The Morgan fingerprint density at radius 1 is 1.17 bits per heavy atom. The second-order valence-electron chi connectivity index (χ2n) is 7.99. The first-order valence-corrected chi connectivity index (χ1v) is 10.0. The van der Waals surface area contributed by atoms with Gasteiger partial charge in [-0.15, -0.1) is 0 Å². The molecule has 5 rings (SSSR count). The predicted molar refractivity (Wildman–Crippen MR) is 115 cm³/mol. The van der Waals surface area contributed by atoms with Gasteiger partial charge in [-0.25, -0.2) is 4.39 Å². The number of likely N-dealkylation sites (tertiary alicyclic amines) is 1. The largest absolute Gasteiger partial charge is 0.495 e. The number of hydrogen-bond acceptors (Lipinski definition) is 5. The summed E-state index contributed by atoms with van der Waals surface area (Å²) >= 11 is 0. The highest BCUT2D eigenvalue weighted by atomic mass is 19.1. The number of aromatic nitrogens is 1. The van der Waals surface area contributed by atoms with E-state index in [1.807, 2.05) is 12.1 Å². The second kappa shape index (κ2) is 7.25. The Balaban J connectivity index is 1.41. The second-order valence-corrected chi connectivity index (χ2v) is 7.99. The molecule has 2 unspecified atom stereocenters. The van der Waals surface area contributed by atoms with Crippen molar-refractivity contribution in [1.82, 2.24) is 9.88 Å². The van der Waals surface area contributed by atoms with Gasteiger partial charge in [0.15, 0.2) is 0 Å². The Bertz CT molecular complexity index is 1130. The average molecular weight is 406 g/mol. The summed E-state index contributed by atoms with van der Waals surface area (Å²) in [6, 6.07) is 11.1. The minimum Gasteiger partial charge on any atom is -0.495 e. The molecule has 2 bridgehead atoms. The number of amides is 1. The van der Waals surface area contributed by atoms with E-state index in [0.717, 1.165) is 25.2 Å². The number of carbonyl (C=O) groups excluding carboxylic acids is 1. The maximum Gasteiger partial charge on any atom is 0.255 e. The van der Waals surface area contributed by atoms with Crippen LogP contribution < -0.4 is 15.0 Å². The van der Waals surface area contributed by atoms with E-state index < -0.39 is 0 Å². The minimum atomic E-state index is -0.345. The molecule has 3 aromatic rings. The van der Waals surface area contributed by atoms with Crippen molar-refractivity contribution in [1.29, 1.82) is 0 Å². The summed E-state index contributed by atoms with van der Waals surface area (Å²) in [5, 5.41) is 3.86. The summed E-state index contributed by atoms with van der Waals surface area (Å²) in [5.41, 5.74) is 2.02. The molecule has 3 heterocycles. The lowest BCUT2D eigenvalue weighted by Crippen LogP contribution is -2.44. The predicted octanol–water partition coefficient (Wildman–Crippen LogP) is 3.53. The van der Waals surface area contributed by atoms with Crippen molar-refractivity contribution in [2.24, 2.45) is 0 Å². The molecule has 0 spiro atoms. The Labute approximate surface area is 174 Å². The molecule has 1 amide bonds. The summed E-state index contributed by atoms with van der Waals surface area (Å²) in [4.78, 5) is 21.7. The Kier molecular flexibility index (Phi) is 4.55. The summed E-state index contributed by atoms with van der Waals surface area (Å²) in [6.07, 6.45) is 4.24. The summed E-state index contributed by atoms with van der Waals surface area (Å²) in [6.45, 7) is 2.01. The van der Waals surface area contributed by atoms with Crippen LogP contribution in [0.15, 0.2) is 48.8 Å². The number of piperazine rings is 1. The van der Waals surface area contributed by atoms with Gasteiger partial charge in [-0.3, -0.25) is 14.7 Å². The van der Waals surface area contributed by atoms with Crippen LogP contribution in [0.1, 0.15) is 16.8 Å². The van der Waals surface area contributed by atoms with Gasteiger partial charge in [-0.05, 0) is 49.9 Å². The van der Waals surface area contributed by atoms with Crippen molar-refractivity contribution < 1.29 is 13.9 Å². The number of pyridine rings is 1. The van der Waals surface area contributed by atoms with Crippen LogP contribution in [-0.2, 0) is 0 Å². The minimum absolute atomic E-state index is 0.278. The van der Waals surface area contributed by atoms with Gasteiger partial charge < -0.3 is 15.0 Å². The van der Waals surface area contributed by atoms with Crippen LogP contribution >= 0.6 is 0 Å². The van der Waals surface area contributed by atoms with Gasteiger partial charge in [0.25, 0.3) is 5.91 Å². The van der Waals surface area contributed by atoms with E-state index in [9.17, 15) is 9.18 Å². The highest BCUT2D eigenvalue weighted by molar-refractivity contribution is 6.09. The number of carbonyl (C=O) groups is 1. The Morgan fingerprint density at radius 3 is 2.77 bits per heavy atom. The summed E-state index contributed by atoms with van der Waals surface area (Å²) in [7, 11) is 3.79. The molecule has 0 saturated carbocycles. The number of methoxy groups -OCH3 is 1. The number of likely N-dealkylation sites (N-methyl/N-ethyl adjacent to an activating group) is 1. The van der Waals surface area contributed by atoms with Gasteiger partial charge in [-0.2, -0.15) is 0 Å². The molecular formula is C23H23FN4O2. The smallest absolute Gasteiger partial charge is 0.255 e. The normalized spacial score (nSPS) is 20.7. The van der Waals surface area contributed by atoms with Gasteiger partial charge in [0.05, 0.1) is 18.5 Å². The lowest BCUT2D eigenvalue weighted by Gasteiger charge is -2.34. The van der Waals surface area contributed by atoms with Crippen molar-refractivity contribution in [3.05, 3.63) is 60.2 Å². The lowest BCUT2D eigenvalue weighted by atomic mass is 10.1. The number of fused-ring (bicyclic) bond motifs is 3. The van der Waals surface area contributed by atoms with Gasteiger partial charge in [0.2, 0.25) is 0 Å². The van der Waals surface area contributed by atoms with Crippen LogP contribution in [0.2, 0.25) is 0 Å². The molecule has 6 nitrogen and oxygen atoms in total. The van der Waals surface area contributed by atoms with E-state index in [0.29, 0.717) is 39.9 Å². The van der Waals surface area contributed by atoms with Crippen molar-refractivity contribution in [3.63, 3.8) is 0 Å². The SMILES string of the molecule is COc1cc(C(=O)Nc2ccc(F)c3ccncc23)ccc1N1CC2CC1CN2C. The first kappa shape index (κ1) is 18.8. The number of ether oxygens (including phenoxy) is 1. The molecule has 1 aromatic heterocycles. The van der Waals surface area contributed by atoms with E-state index in [-0.39, 0.29) is 11.7 Å². The molecule has 2 aliphatic rings.